The van der Waals surface area contributed by atoms with E-state index in [0.717, 1.165) is 78.2 Å². The summed E-state index contributed by atoms with van der Waals surface area (Å²) < 4.78 is 10.8. The third-order valence-corrected chi connectivity index (χ3v) is 7.19. The van der Waals surface area contributed by atoms with E-state index in [-0.39, 0.29) is 0 Å². The molecule has 3 fully saturated rings. The molecule has 3 saturated heterocycles. The Balaban J connectivity index is 1.32. The van der Waals surface area contributed by atoms with Crippen molar-refractivity contribution in [2.75, 3.05) is 92.4 Å². The molecule has 3 aliphatic heterocycles. The Morgan fingerprint density at radius 1 is 0.900 bits per heavy atom. The van der Waals surface area contributed by atoms with Gasteiger partial charge in [-0.3, -0.25) is 14.7 Å². The quantitative estimate of drug-likeness (QED) is 0.642. The SMILES string of the molecule is COCCN1CCN(C(CN2CCC(N3CCOCC3)CC2)c2ccccc2)CC1. The van der Waals surface area contributed by atoms with Crippen molar-refractivity contribution in [1.29, 1.82) is 0 Å². The van der Waals surface area contributed by atoms with Crippen LogP contribution in [0.15, 0.2) is 30.3 Å². The second-order valence-corrected chi connectivity index (χ2v) is 8.98. The summed E-state index contributed by atoms with van der Waals surface area (Å²) in [6, 6.07) is 12.4. The zero-order chi connectivity index (χ0) is 20.6. The van der Waals surface area contributed by atoms with Gasteiger partial charge in [-0.2, -0.15) is 0 Å². The molecule has 30 heavy (non-hydrogen) atoms. The third-order valence-electron chi connectivity index (χ3n) is 7.19. The van der Waals surface area contributed by atoms with Crippen LogP contribution in [0.5, 0.6) is 0 Å². The van der Waals surface area contributed by atoms with Crippen molar-refractivity contribution in [1.82, 2.24) is 19.6 Å². The van der Waals surface area contributed by atoms with E-state index in [1.54, 1.807) is 7.11 Å². The van der Waals surface area contributed by atoms with Gasteiger partial charge in [-0.1, -0.05) is 30.3 Å². The molecule has 0 spiro atoms. The van der Waals surface area contributed by atoms with Gasteiger partial charge in [-0.05, 0) is 31.5 Å². The van der Waals surface area contributed by atoms with Gasteiger partial charge < -0.3 is 14.4 Å². The summed E-state index contributed by atoms with van der Waals surface area (Å²) in [5.74, 6) is 0. The van der Waals surface area contributed by atoms with Gasteiger partial charge in [0.2, 0.25) is 0 Å². The van der Waals surface area contributed by atoms with Crippen LogP contribution in [-0.2, 0) is 9.47 Å². The van der Waals surface area contributed by atoms with Gasteiger partial charge >= 0.3 is 0 Å². The van der Waals surface area contributed by atoms with Crippen molar-refractivity contribution in [2.24, 2.45) is 0 Å². The summed E-state index contributed by atoms with van der Waals surface area (Å²) in [7, 11) is 1.80. The summed E-state index contributed by atoms with van der Waals surface area (Å²) in [4.78, 5) is 10.6. The summed E-state index contributed by atoms with van der Waals surface area (Å²) in [6.45, 7) is 14.1. The molecule has 6 nitrogen and oxygen atoms in total. The highest BCUT2D eigenvalue weighted by atomic mass is 16.5. The number of methoxy groups -OCH3 is 1. The van der Waals surface area contributed by atoms with Crippen LogP contribution in [0.25, 0.3) is 0 Å². The molecule has 168 valence electrons. The number of nitrogens with zero attached hydrogens (tertiary/aromatic N) is 4. The van der Waals surface area contributed by atoms with Crippen molar-refractivity contribution in [2.45, 2.75) is 24.9 Å². The summed E-state index contributed by atoms with van der Waals surface area (Å²) in [5.41, 5.74) is 1.47. The zero-order valence-corrected chi connectivity index (χ0v) is 18.8. The number of ether oxygens (including phenoxy) is 2. The lowest BCUT2D eigenvalue weighted by Gasteiger charge is -2.44. The van der Waals surface area contributed by atoms with Gasteiger partial charge in [0, 0.05) is 71.6 Å². The minimum absolute atomic E-state index is 0.496. The minimum atomic E-state index is 0.496. The van der Waals surface area contributed by atoms with Crippen LogP contribution in [0.3, 0.4) is 0 Å². The van der Waals surface area contributed by atoms with E-state index in [2.05, 4.69) is 49.9 Å². The number of likely N-dealkylation sites (tertiary alicyclic amines) is 1. The van der Waals surface area contributed by atoms with Crippen molar-refractivity contribution >= 4 is 0 Å². The van der Waals surface area contributed by atoms with E-state index in [1.165, 1.54) is 31.5 Å². The number of benzene rings is 1. The second-order valence-electron chi connectivity index (χ2n) is 8.98. The smallest absolute Gasteiger partial charge is 0.0594 e. The number of piperazine rings is 1. The Labute approximate surface area is 182 Å². The molecule has 1 aromatic rings. The van der Waals surface area contributed by atoms with Crippen molar-refractivity contribution < 1.29 is 9.47 Å². The number of hydrogen-bond donors (Lipinski definition) is 0. The van der Waals surface area contributed by atoms with E-state index in [0.29, 0.717) is 6.04 Å². The van der Waals surface area contributed by atoms with E-state index < -0.39 is 0 Å². The predicted octanol–water partition coefficient (Wildman–Crippen LogP) is 1.79. The molecule has 0 bridgehead atoms. The number of morpholine rings is 1. The topological polar surface area (TPSA) is 31.4 Å². The molecular weight excluding hydrogens is 376 g/mol. The normalized spacial score (nSPS) is 24.8. The lowest BCUT2D eigenvalue weighted by molar-refractivity contribution is -0.00326. The van der Waals surface area contributed by atoms with E-state index in [1.807, 2.05) is 0 Å². The molecule has 0 aromatic heterocycles. The van der Waals surface area contributed by atoms with Crippen LogP contribution in [0.4, 0.5) is 0 Å². The summed E-state index contributed by atoms with van der Waals surface area (Å²) in [5, 5.41) is 0. The Bertz CT molecular complexity index is 594. The standard InChI is InChI=1S/C24H40N4O2/c1-29-18-15-25-11-13-28(14-12-25)24(22-5-3-2-4-6-22)21-26-9-7-23(8-10-26)27-16-19-30-20-17-27/h2-6,23-24H,7-21H2,1H3. The Kier molecular flexibility index (Phi) is 8.55. The highest BCUT2D eigenvalue weighted by molar-refractivity contribution is 5.20. The van der Waals surface area contributed by atoms with Crippen LogP contribution in [0, 0.1) is 0 Å². The first-order valence-corrected chi connectivity index (χ1v) is 11.9. The maximum absolute atomic E-state index is 5.54. The molecule has 4 rings (SSSR count). The van der Waals surface area contributed by atoms with Crippen LogP contribution in [0.1, 0.15) is 24.4 Å². The van der Waals surface area contributed by atoms with Gasteiger partial charge in [0.05, 0.1) is 19.8 Å². The molecule has 0 amide bonds. The van der Waals surface area contributed by atoms with Crippen molar-refractivity contribution in [3.8, 4) is 0 Å². The minimum Gasteiger partial charge on any atom is -0.383 e. The van der Waals surface area contributed by atoms with Crippen LogP contribution < -0.4 is 0 Å². The maximum Gasteiger partial charge on any atom is 0.0594 e. The zero-order valence-electron chi connectivity index (χ0n) is 18.8. The largest absolute Gasteiger partial charge is 0.383 e. The van der Waals surface area contributed by atoms with Gasteiger partial charge in [-0.15, -0.1) is 0 Å². The highest BCUT2D eigenvalue weighted by Gasteiger charge is 2.30. The maximum atomic E-state index is 5.54. The number of hydrogen-bond acceptors (Lipinski definition) is 6. The Morgan fingerprint density at radius 3 is 2.27 bits per heavy atom. The molecule has 0 radical (unpaired) electrons. The molecule has 1 atom stereocenters. The first-order chi connectivity index (χ1) is 14.8. The Hall–Kier alpha value is -1.02. The van der Waals surface area contributed by atoms with Gasteiger partial charge in [0.25, 0.3) is 0 Å². The van der Waals surface area contributed by atoms with Crippen LogP contribution in [0.2, 0.25) is 0 Å². The lowest BCUT2D eigenvalue weighted by atomic mass is 9.99. The molecule has 1 aromatic carbocycles. The van der Waals surface area contributed by atoms with E-state index >= 15 is 0 Å². The monoisotopic (exact) mass is 416 g/mol. The first kappa shape index (κ1) is 22.2. The van der Waals surface area contributed by atoms with Crippen molar-refractivity contribution in [3.63, 3.8) is 0 Å². The fourth-order valence-corrected chi connectivity index (χ4v) is 5.28. The molecular formula is C24H40N4O2. The first-order valence-electron chi connectivity index (χ1n) is 11.9. The highest BCUT2D eigenvalue weighted by Crippen LogP contribution is 2.26. The average molecular weight is 417 g/mol. The van der Waals surface area contributed by atoms with Gasteiger partial charge in [0.1, 0.15) is 0 Å². The molecule has 3 heterocycles. The molecule has 3 aliphatic rings. The van der Waals surface area contributed by atoms with E-state index in [4.69, 9.17) is 9.47 Å². The molecule has 0 aliphatic carbocycles. The Morgan fingerprint density at radius 2 is 1.60 bits per heavy atom. The molecule has 1 unspecified atom stereocenters. The van der Waals surface area contributed by atoms with Gasteiger partial charge in [0.15, 0.2) is 0 Å². The van der Waals surface area contributed by atoms with Crippen LogP contribution in [-0.4, -0.2) is 118 Å². The predicted molar refractivity (Wildman–Crippen MR) is 121 cm³/mol. The van der Waals surface area contributed by atoms with Gasteiger partial charge in [-0.25, -0.2) is 0 Å². The molecule has 0 N–H and O–H groups in total. The molecule has 6 heteroatoms. The molecule has 0 saturated carbocycles. The number of rotatable bonds is 8. The number of piperidine rings is 1. The average Bonchev–Trinajstić information content (AvgIpc) is 2.83. The fourth-order valence-electron chi connectivity index (χ4n) is 5.28. The van der Waals surface area contributed by atoms with E-state index in [9.17, 15) is 0 Å². The van der Waals surface area contributed by atoms with Crippen LogP contribution >= 0.6 is 0 Å². The second kappa shape index (κ2) is 11.6. The lowest BCUT2D eigenvalue weighted by Crippen LogP contribution is -2.52. The van der Waals surface area contributed by atoms with Crippen molar-refractivity contribution in [3.05, 3.63) is 35.9 Å². The third kappa shape index (κ3) is 6.02. The summed E-state index contributed by atoms with van der Waals surface area (Å²) in [6.07, 6.45) is 2.60. The summed E-state index contributed by atoms with van der Waals surface area (Å²) >= 11 is 0. The fraction of sp³-hybridized carbons (Fsp3) is 0.750.